The molecule has 11 heteroatoms. The number of carbonyl (C=O) groups excluding carboxylic acids is 2. The average molecular weight is 873 g/mol. The summed E-state index contributed by atoms with van der Waals surface area (Å²) in [7, 11) is 0. The minimum atomic E-state index is -1.87. The van der Waals surface area contributed by atoms with E-state index in [1.807, 2.05) is 12.2 Å². The van der Waals surface area contributed by atoms with Crippen LogP contribution in [0.3, 0.4) is 0 Å². The standard InChI is InChI=1S/C51H84O11/c1-3-5-7-9-11-13-15-17-18-19-20-21-22-23-24-25-26-28-30-32-34-36-38-40-45(53)61-43(42-60-51-48(56)46(54)47(55)49(62-51)50(57)58)41-59-44(52)39-37-35-33-31-29-27-16-14-12-10-8-6-4-2/h6,8,12,14-15,17,19-20,27,29,33,35,43,46-49,51,54-56H,3-5,7,9-11,13,16,18,21-26,28,30-32,34,36-42H2,1-2H3,(H,57,58)/b8-6-,14-12-,17-15-,20-19-,29-27-,35-33-. The van der Waals surface area contributed by atoms with Crippen molar-refractivity contribution in [3.8, 4) is 0 Å². The van der Waals surface area contributed by atoms with Gasteiger partial charge in [0.05, 0.1) is 6.61 Å². The first kappa shape index (κ1) is 56.7. The Balaban J connectivity index is 2.33. The van der Waals surface area contributed by atoms with E-state index in [4.69, 9.17) is 18.9 Å². The first-order chi connectivity index (χ1) is 30.2. The Morgan fingerprint density at radius 2 is 0.984 bits per heavy atom. The molecule has 354 valence electrons. The molecule has 0 bridgehead atoms. The lowest BCUT2D eigenvalue weighted by Gasteiger charge is -2.38. The summed E-state index contributed by atoms with van der Waals surface area (Å²) in [6, 6.07) is 0. The highest BCUT2D eigenvalue weighted by Gasteiger charge is 2.47. The molecule has 1 fully saturated rings. The second-order valence-electron chi connectivity index (χ2n) is 16.2. The van der Waals surface area contributed by atoms with Crippen molar-refractivity contribution in [2.24, 2.45) is 0 Å². The van der Waals surface area contributed by atoms with Gasteiger partial charge in [0, 0.05) is 12.8 Å². The molecule has 1 saturated heterocycles. The highest BCUT2D eigenvalue weighted by atomic mass is 16.7. The molecule has 1 aliphatic rings. The Bertz CT molecular complexity index is 1300. The van der Waals surface area contributed by atoms with E-state index in [0.29, 0.717) is 12.8 Å². The van der Waals surface area contributed by atoms with Crippen molar-refractivity contribution in [1.29, 1.82) is 0 Å². The topological polar surface area (TPSA) is 169 Å². The molecule has 0 spiro atoms. The van der Waals surface area contributed by atoms with Gasteiger partial charge in [-0.1, -0.05) is 170 Å². The summed E-state index contributed by atoms with van der Waals surface area (Å²) in [6.07, 6.45) is 42.6. The number of carboxylic acids is 1. The molecule has 0 amide bonds. The fraction of sp³-hybridized carbons (Fsp3) is 0.706. The van der Waals surface area contributed by atoms with Crippen LogP contribution in [0.5, 0.6) is 0 Å². The third kappa shape index (κ3) is 31.5. The van der Waals surface area contributed by atoms with Crippen LogP contribution in [0.25, 0.3) is 0 Å². The van der Waals surface area contributed by atoms with Gasteiger partial charge in [0.15, 0.2) is 18.5 Å². The van der Waals surface area contributed by atoms with Gasteiger partial charge in [-0.15, -0.1) is 0 Å². The van der Waals surface area contributed by atoms with E-state index < -0.39 is 61.3 Å². The molecule has 0 saturated carbocycles. The molecule has 62 heavy (non-hydrogen) atoms. The van der Waals surface area contributed by atoms with Crippen LogP contribution in [-0.4, -0.2) is 88.4 Å². The number of aliphatic hydroxyl groups excluding tert-OH is 3. The van der Waals surface area contributed by atoms with Crippen LogP contribution < -0.4 is 0 Å². The maximum atomic E-state index is 12.8. The van der Waals surface area contributed by atoms with Gasteiger partial charge in [-0.25, -0.2) is 4.79 Å². The molecule has 6 unspecified atom stereocenters. The molecule has 4 N–H and O–H groups in total. The molecule has 11 nitrogen and oxygen atoms in total. The Morgan fingerprint density at radius 3 is 1.50 bits per heavy atom. The van der Waals surface area contributed by atoms with Crippen molar-refractivity contribution in [2.75, 3.05) is 13.2 Å². The lowest BCUT2D eigenvalue weighted by atomic mass is 9.99. The van der Waals surface area contributed by atoms with Gasteiger partial charge in [0.2, 0.25) is 0 Å². The van der Waals surface area contributed by atoms with Crippen LogP contribution in [-0.2, 0) is 33.3 Å². The van der Waals surface area contributed by atoms with Crippen LogP contribution in [0.4, 0.5) is 0 Å². The first-order valence-electron chi connectivity index (χ1n) is 24.0. The second-order valence-corrected chi connectivity index (χ2v) is 16.2. The van der Waals surface area contributed by atoms with Gasteiger partial charge < -0.3 is 39.4 Å². The lowest BCUT2D eigenvalue weighted by molar-refractivity contribution is -0.298. The van der Waals surface area contributed by atoms with E-state index in [2.05, 4.69) is 74.6 Å². The van der Waals surface area contributed by atoms with Crippen molar-refractivity contribution in [1.82, 2.24) is 0 Å². The number of unbranched alkanes of at least 4 members (excludes halogenated alkanes) is 16. The predicted molar refractivity (Wildman–Crippen MR) is 247 cm³/mol. The zero-order chi connectivity index (χ0) is 45.3. The molecule has 0 aromatic heterocycles. The smallest absolute Gasteiger partial charge is 0.335 e. The van der Waals surface area contributed by atoms with Crippen LogP contribution in [0, 0.1) is 0 Å². The van der Waals surface area contributed by atoms with Gasteiger partial charge in [-0.05, 0) is 70.6 Å². The van der Waals surface area contributed by atoms with Gasteiger partial charge in [0.25, 0.3) is 0 Å². The number of carbonyl (C=O) groups is 3. The highest BCUT2D eigenvalue weighted by Crippen LogP contribution is 2.23. The number of ether oxygens (including phenoxy) is 4. The van der Waals surface area contributed by atoms with Crippen LogP contribution >= 0.6 is 0 Å². The number of carboxylic acid groups (broad SMARTS) is 1. The lowest BCUT2D eigenvalue weighted by Crippen LogP contribution is -2.60. The molecule has 1 heterocycles. The molecule has 0 aromatic rings. The summed E-state index contributed by atoms with van der Waals surface area (Å²) in [5.74, 6) is -2.55. The maximum Gasteiger partial charge on any atom is 0.335 e. The highest BCUT2D eigenvalue weighted by molar-refractivity contribution is 5.73. The van der Waals surface area contributed by atoms with Gasteiger partial charge in [-0.2, -0.15) is 0 Å². The largest absolute Gasteiger partial charge is 0.479 e. The summed E-state index contributed by atoms with van der Waals surface area (Å²) in [6.45, 7) is 3.62. The first-order valence-corrected chi connectivity index (χ1v) is 24.0. The number of hydrogen-bond donors (Lipinski definition) is 4. The Morgan fingerprint density at radius 1 is 0.516 bits per heavy atom. The van der Waals surface area contributed by atoms with E-state index in [-0.39, 0.29) is 19.4 Å². The van der Waals surface area contributed by atoms with Crippen LogP contribution in [0.15, 0.2) is 72.9 Å². The number of allylic oxidation sites excluding steroid dienone is 12. The molecule has 0 radical (unpaired) electrons. The number of esters is 2. The number of rotatable bonds is 39. The Labute approximate surface area is 374 Å². The normalized spacial score (nSPS) is 20.2. The van der Waals surface area contributed by atoms with Crippen LogP contribution in [0.2, 0.25) is 0 Å². The van der Waals surface area contributed by atoms with E-state index in [1.165, 1.54) is 89.9 Å². The summed E-state index contributed by atoms with van der Waals surface area (Å²) >= 11 is 0. The van der Waals surface area contributed by atoms with Crippen molar-refractivity contribution >= 4 is 17.9 Å². The van der Waals surface area contributed by atoms with Crippen molar-refractivity contribution < 1.29 is 53.8 Å². The fourth-order valence-corrected chi connectivity index (χ4v) is 6.80. The minimum Gasteiger partial charge on any atom is -0.479 e. The van der Waals surface area contributed by atoms with Gasteiger partial charge in [-0.3, -0.25) is 9.59 Å². The monoisotopic (exact) mass is 873 g/mol. The molecular weight excluding hydrogens is 789 g/mol. The third-order valence-corrected chi connectivity index (χ3v) is 10.6. The number of hydrogen-bond acceptors (Lipinski definition) is 10. The number of aliphatic hydroxyl groups is 3. The molecule has 0 aromatic carbocycles. The summed E-state index contributed by atoms with van der Waals surface area (Å²) in [5.41, 5.74) is 0. The quantitative estimate of drug-likeness (QED) is 0.0263. The van der Waals surface area contributed by atoms with E-state index in [0.717, 1.165) is 51.4 Å². The van der Waals surface area contributed by atoms with Gasteiger partial charge in [0.1, 0.15) is 24.9 Å². The zero-order valence-corrected chi connectivity index (χ0v) is 38.3. The Kier molecular flexibility index (Phi) is 36.9. The minimum absolute atomic E-state index is 0.111. The van der Waals surface area contributed by atoms with Gasteiger partial charge >= 0.3 is 17.9 Å². The van der Waals surface area contributed by atoms with E-state index >= 15 is 0 Å². The SMILES string of the molecule is CC/C=C\C/C=C\C/C=C\C/C=C\CCC(=O)OCC(COC1OC(C(=O)O)C(O)C(O)C1O)OC(=O)CCCCCCCCCCCCC/C=C\C/C=C\CCCCCCC. The Hall–Kier alpha value is -3.35. The molecule has 6 atom stereocenters. The van der Waals surface area contributed by atoms with E-state index in [9.17, 15) is 34.8 Å². The average Bonchev–Trinajstić information content (AvgIpc) is 3.26. The summed E-state index contributed by atoms with van der Waals surface area (Å²) in [4.78, 5) is 36.8. The molecule has 1 aliphatic heterocycles. The van der Waals surface area contributed by atoms with Crippen molar-refractivity contribution in [2.45, 2.75) is 218 Å². The second kappa shape index (κ2) is 40.4. The summed E-state index contributed by atoms with van der Waals surface area (Å²) < 4.78 is 21.7. The van der Waals surface area contributed by atoms with Crippen molar-refractivity contribution in [3.05, 3.63) is 72.9 Å². The fourth-order valence-electron chi connectivity index (χ4n) is 6.80. The number of aliphatic carboxylic acids is 1. The molecular formula is C51H84O11. The maximum absolute atomic E-state index is 12.8. The molecule has 1 rings (SSSR count). The molecule has 0 aliphatic carbocycles. The van der Waals surface area contributed by atoms with E-state index in [1.54, 1.807) is 0 Å². The third-order valence-electron chi connectivity index (χ3n) is 10.6. The zero-order valence-electron chi connectivity index (χ0n) is 38.3. The predicted octanol–water partition coefficient (Wildman–Crippen LogP) is 10.9. The summed E-state index contributed by atoms with van der Waals surface area (Å²) in [5, 5.41) is 39.8. The van der Waals surface area contributed by atoms with Crippen molar-refractivity contribution in [3.63, 3.8) is 0 Å². The van der Waals surface area contributed by atoms with Crippen LogP contribution in [0.1, 0.15) is 181 Å².